The van der Waals surface area contributed by atoms with Crippen LogP contribution in [0.4, 0.5) is 0 Å². The Morgan fingerprint density at radius 1 is 1.50 bits per heavy atom. The first-order valence-electron chi connectivity index (χ1n) is 3.75. The first-order valence-corrected chi connectivity index (χ1v) is 5.72. The molecule has 1 aromatic carbocycles. The molecule has 0 aromatic heterocycles. The predicted molar refractivity (Wildman–Crippen MR) is 62.6 cm³/mol. The van der Waals surface area contributed by atoms with E-state index in [1.807, 2.05) is 6.07 Å². The summed E-state index contributed by atoms with van der Waals surface area (Å²) < 4.78 is 6.22. The minimum absolute atomic E-state index is 0.162. The number of rotatable bonds is 2. The minimum Gasteiger partial charge on any atom is -0.469 e. The van der Waals surface area contributed by atoms with Gasteiger partial charge in [-0.1, -0.05) is 11.6 Å². The van der Waals surface area contributed by atoms with Crippen LogP contribution < -0.4 is 0 Å². The lowest BCUT2D eigenvalue weighted by Crippen LogP contribution is -2.05. The topological polar surface area (TPSA) is 26.3 Å². The van der Waals surface area contributed by atoms with E-state index >= 15 is 0 Å². The van der Waals surface area contributed by atoms with Crippen molar-refractivity contribution in [2.75, 3.05) is 7.11 Å². The summed E-state index contributed by atoms with van der Waals surface area (Å²) in [7, 11) is 1.35. The van der Waals surface area contributed by atoms with Crippen LogP contribution in [0.3, 0.4) is 0 Å². The zero-order valence-electron chi connectivity index (χ0n) is 7.31. The Labute approximate surface area is 104 Å². The monoisotopic (exact) mass is 340 g/mol. The Morgan fingerprint density at radius 3 is 2.71 bits per heavy atom. The van der Waals surface area contributed by atoms with E-state index in [4.69, 9.17) is 11.6 Å². The van der Waals surface area contributed by atoms with Crippen molar-refractivity contribution in [3.63, 3.8) is 0 Å². The molecule has 14 heavy (non-hydrogen) atoms. The molecule has 0 aliphatic rings. The van der Waals surface area contributed by atoms with Crippen molar-refractivity contribution in [3.05, 3.63) is 31.7 Å². The number of hydrogen-bond donors (Lipinski definition) is 0. The van der Waals surface area contributed by atoms with Gasteiger partial charge in [0.25, 0.3) is 0 Å². The highest BCUT2D eigenvalue weighted by Gasteiger charge is 2.12. The number of carbonyl (C=O) groups is 1. The molecule has 0 saturated carbocycles. The highest BCUT2D eigenvalue weighted by molar-refractivity contribution is 9.13. The largest absolute Gasteiger partial charge is 0.469 e. The van der Waals surface area contributed by atoms with Gasteiger partial charge in [0.1, 0.15) is 0 Å². The van der Waals surface area contributed by atoms with Crippen LogP contribution in [0, 0.1) is 0 Å². The van der Waals surface area contributed by atoms with Gasteiger partial charge in [0.15, 0.2) is 0 Å². The minimum atomic E-state index is -0.314. The Kier molecular flexibility index (Phi) is 4.41. The third-order valence-electron chi connectivity index (χ3n) is 1.69. The third kappa shape index (κ3) is 2.72. The summed E-state index contributed by atoms with van der Waals surface area (Å²) in [5.74, 6) is -0.314. The summed E-state index contributed by atoms with van der Waals surface area (Å²) in [4.78, 5) is 11.1. The number of benzene rings is 1. The number of methoxy groups -OCH3 is 1. The molecule has 0 aliphatic carbocycles. The van der Waals surface area contributed by atoms with Crippen LogP contribution in [-0.2, 0) is 16.0 Å². The maximum atomic E-state index is 11.1. The molecule has 0 N–H and O–H groups in total. The molecule has 1 rings (SSSR count). The lowest BCUT2D eigenvalue weighted by atomic mass is 10.1. The molecule has 1 aromatic rings. The maximum absolute atomic E-state index is 11.1. The van der Waals surface area contributed by atoms with E-state index in [2.05, 4.69) is 36.6 Å². The highest BCUT2D eigenvalue weighted by atomic mass is 79.9. The van der Waals surface area contributed by atoms with Crippen molar-refractivity contribution in [3.8, 4) is 0 Å². The summed E-state index contributed by atoms with van der Waals surface area (Å²) in [6.07, 6.45) is 0.162. The SMILES string of the molecule is COC(=O)Cc1c(Cl)ccc(Br)c1Br. The van der Waals surface area contributed by atoms with Crippen molar-refractivity contribution < 1.29 is 9.53 Å². The average Bonchev–Trinajstić information content (AvgIpc) is 2.18. The third-order valence-corrected chi connectivity index (χ3v) is 4.14. The van der Waals surface area contributed by atoms with E-state index in [-0.39, 0.29) is 12.4 Å². The second-order valence-electron chi connectivity index (χ2n) is 2.57. The fraction of sp³-hybridized carbons (Fsp3) is 0.222. The van der Waals surface area contributed by atoms with Crippen LogP contribution in [-0.4, -0.2) is 13.1 Å². The molecule has 0 heterocycles. The average molecular weight is 342 g/mol. The molecule has 0 saturated heterocycles. The molecule has 0 spiro atoms. The van der Waals surface area contributed by atoms with Crippen molar-refractivity contribution in [1.82, 2.24) is 0 Å². The highest BCUT2D eigenvalue weighted by Crippen LogP contribution is 2.32. The molecule has 0 unspecified atom stereocenters. The molecule has 0 atom stereocenters. The Balaban J connectivity index is 3.06. The van der Waals surface area contributed by atoms with E-state index < -0.39 is 0 Å². The number of ether oxygens (including phenoxy) is 1. The standard InChI is InChI=1S/C9H7Br2ClO2/c1-14-8(13)4-5-7(12)3-2-6(10)9(5)11/h2-3H,4H2,1H3. The molecule has 0 amide bonds. The van der Waals surface area contributed by atoms with Gasteiger partial charge in [-0.2, -0.15) is 0 Å². The summed E-state index contributed by atoms with van der Waals surface area (Å²) in [5.41, 5.74) is 0.730. The number of carbonyl (C=O) groups excluding carboxylic acids is 1. The lowest BCUT2D eigenvalue weighted by molar-refractivity contribution is -0.139. The van der Waals surface area contributed by atoms with Crippen LogP contribution in [0.15, 0.2) is 21.1 Å². The Bertz CT molecular complexity index is 366. The second kappa shape index (κ2) is 5.14. The van der Waals surface area contributed by atoms with E-state index in [0.29, 0.717) is 5.02 Å². The zero-order chi connectivity index (χ0) is 10.7. The molecule has 2 nitrogen and oxygen atoms in total. The molecular formula is C9H7Br2ClO2. The zero-order valence-corrected chi connectivity index (χ0v) is 11.2. The first kappa shape index (κ1) is 12.0. The summed E-state index contributed by atoms with van der Waals surface area (Å²) in [6, 6.07) is 3.54. The smallest absolute Gasteiger partial charge is 0.310 e. The summed E-state index contributed by atoms with van der Waals surface area (Å²) in [6.45, 7) is 0. The molecule has 0 radical (unpaired) electrons. The normalized spacial score (nSPS) is 10.0. The van der Waals surface area contributed by atoms with E-state index in [1.165, 1.54) is 7.11 Å². The fourth-order valence-corrected chi connectivity index (χ4v) is 2.14. The van der Waals surface area contributed by atoms with Gasteiger partial charge in [0.05, 0.1) is 13.5 Å². The van der Waals surface area contributed by atoms with Gasteiger partial charge in [-0.25, -0.2) is 0 Å². The van der Waals surface area contributed by atoms with E-state index in [9.17, 15) is 4.79 Å². The van der Waals surface area contributed by atoms with Crippen molar-refractivity contribution in [1.29, 1.82) is 0 Å². The van der Waals surface area contributed by atoms with Crippen LogP contribution in [0.2, 0.25) is 5.02 Å². The predicted octanol–water partition coefficient (Wildman–Crippen LogP) is 3.58. The first-order chi connectivity index (χ1) is 6.56. The van der Waals surface area contributed by atoms with Gasteiger partial charge in [-0.3, -0.25) is 4.79 Å². The Hall–Kier alpha value is -0.0600. The number of halogens is 3. The van der Waals surface area contributed by atoms with Crippen LogP contribution in [0.5, 0.6) is 0 Å². The second-order valence-corrected chi connectivity index (χ2v) is 4.63. The van der Waals surface area contributed by atoms with Gasteiger partial charge in [-0.15, -0.1) is 0 Å². The van der Waals surface area contributed by atoms with E-state index in [0.717, 1.165) is 14.5 Å². The van der Waals surface area contributed by atoms with Crippen LogP contribution in [0.25, 0.3) is 0 Å². The summed E-state index contributed by atoms with van der Waals surface area (Å²) >= 11 is 12.6. The summed E-state index contributed by atoms with van der Waals surface area (Å²) in [5, 5.41) is 0.547. The molecule has 0 fully saturated rings. The van der Waals surface area contributed by atoms with Gasteiger partial charge in [0.2, 0.25) is 0 Å². The maximum Gasteiger partial charge on any atom is 0.310 e. The van der Waals surface area contributed by atoms with Gasteiger partial charge in [0, 0.05) is 14.0 Å². The van der Waals surface area contributed by atoms with Gasteiger partial charge < -0.3 is 4.74 Å². The fourth-order valence-electron chi connectivity index (χ4n) is 0.948. The van der Waals surface area contributed by atoms with Crippen LogP contribution in [0.1, 0.15) is 5.56 Å². The van der Waals surface area contributed by atoms with Crippen molar-refractivity contribution in [2.24, 2.45) is 0 Å². The molecule has 0 aliphatic heterocycles. The molecule has 0 bridgehead atoms. The quantitative estimate of drug-likeness (QED) is 0.607. The lowest BCUT2D eigenvalue weighted by Gasteiger charge is -2.07. The van der Waals surface area contributed by atoms with E-state index in [1.54, 1.807) is 6.07 Å². The molecule has 76 valence electrons. The van der Waals surface area contributed by atoms with Gasteiger partial charge >= 0.3 is 5.97 Å². The number of esters is 1. The molecule has 5 heteroatoms. The van der Waals surface area contributed by atoms with Crippen LogP contribution >= 0.6 is 43.5 Å². The van der Waals surface area contributed by atoms with Crippen molar-refractivity contribution in [2.45, 2.75) is 6.42 Å². The van der Waals surface area contributed by atoms with Crippen molar-refractivity contribution >= 4 is 49.4 Å². The number of hydrogen-bond acceptors (Lipinski definition) is 2. The Morgan fingerprint density at radius 2 is 2.14 bits per heavy atom. The molecular weight excluding hydrogens is 335 g/mol. The van der Waals surface area contributed by atoms with Gasteiger partial charge in [-0.05, 0) is 49.6 Å².